The number of methoxy groups -OCH3 is 3. The number of aromatic nitrogens is 2. The summed E-state index contributed by atoms with van der Waals surface area (Å²) in [7, 11) is 4.78. The van der Waals surface area contributed by atoms with E-state index < -0.39 is 0 Å². The van der Waals surface area contributed by atoms with Crippen molar-refractivity contribution in [2.45, 2.75) is 13.3 Å². The van der Waals surface area contributed by atoms with Crippen LogP contribution >= 0.6 is 0 Å². The molecule has 1 aliphatic heterocycles. The molecule has 0 N–H and O–H groups in total. The van der Waals surface area contributed by atoms with Crippen LogP contribution in [0.1, 0.15) is 23.7 Å². The zero-order valence-electron chi connectivity index (χ0n) is 22.9. The van der Waals surface area contributed by atoms with Crippen molar-refractivity contribution in [1.29, 1.82) is 0 Å². The first-order chi connectivity index (χ1) is 19.0. The lowest BCUT2D eigenvalue weighted by atomic mass is 10.1. The van der Waals surface area contributed by atoms with Crippen molar-refractivity contribution in [2.75, 3.05) is 65.5 Å². The quantitative estimate of drug-likeness (QED) is 0.391. The highest BCUT2D eigenvalue weighted by atomic mass is 16.5. The first-order valence-electron chi connectivity index (χ1n) is 13.0. The molecule has 206 valence electrons. The normalized spacial score (nSPS) is 13.1. The van der Waals surface area contributed by atoms with Gasteiger partial charge in [-0.05, 0) is 48.9 Å². The molecule has 0 unspecified atom stereocenters. The Hall–Kier alpha value is -4.34. The molecule has 2 heterocycles. The molecule has 10 nitrogen and oxygen atoms in total. The third kappa shape index (κ3) is 6.57. The molecule has 0 aliphatic carbocycles. The van der Waals surface area contributed by atoms with Gasteiger partial charge in [-0.2, -0.15) is 0 Å². The van der Waals surface area contributed by atoms with Gasteiger partial charge in [0.05, 0.1) is 27.0 Å². The topological polar surface area (TPSA) is 97.3 Å². The lowest BCUT2D eigenvalue weighted by molar-refractivity contribution is -0.132. The second-order valence-corrected chi connectivity index (χ2v) is 9.17. The van der Waals surface area contributed by atoms with Crippen LogP contribution in [0.2, 0.25) is 0 Å². The number of hydrogen-bond donors (Lipinski definition) is 0. The Morgan fingerprint density at radius 2 is 1.62 bits per heavy atom. The predicted molar refractivity (Wildman–Crippen MR) is 149 cm³/mol. The van der Waals surface area contributed by atoms with Crippen molar-refractivity contribution in [2.24, 2.45) is 0 Å². The molecule has 2 amide bonds. The number of carbonyl (C=O) groups is 2. The minimum absolute atomic E-state index is 0.0437. The Labute approximate surface area is 229 Å². The summed E-state index contributed by atoms with van der Waals surface area (Å²) in [4.78, 5) is 31.8. The van der Waals surface area contributed by atoms with E-state index in [0.29, 0.717) is 61.2 Å². The number of nitrogens with zero attached hydrogens (tertiary/aromatic N) is 5. The van der Waals surface area contributed by atoms with Crippen molar-refractivity contribution in [3.8, 4) is 28.5 Å². The maximum absolute atomic E-state index is 13.1. The molecule has 10 heteroatoms. The fraction of sp³-hybridized carbons (Fsp3) is 0.379. The minimum Gasteiger partial charge on any atom is -0.497 e. The van der Waals surface area contributed by atoms with Crippen LogP contribution in [0, 0.1) is 0 Å². The van der Waals surface area contributed by atoms with Crippen LogP contribution in [0.25, 0.3) is 11.3 Å². The summed E-state index contributed by atoms with van der Waals surface area (Å²) < 4.78 is 16.0. The molecular weight excluding hydrogens is 498 g/mol. The van der Waals surface area contributed by atoms with Crippen molar-refractivity contribution < 1.29 is 23.8 Å². The molecule has 3 aromatic rings. The molecule has 2 aromatic carbocycles. The van der Waals surface area contributed by atoms with E-state index in [2.05, 4.69) is 15.1 Å². The summed E-state index contributed by atoms with van der Waals surface area (Å²) >= 11 is 0. The number of piperazine rings is 1. The summed E-state index contributed by atoms with van der Waals surface area (Å²) in [5.74, 6) is 2.48. The zero-order chi connectivity index (χ0) is 27.8. The average Bonchev–Trinajstić information content (AvgIpc) is 3.00. The molecule has 1 saturated heterocycles. The van der Waals surface area contributed by atoms with Gasteiger partial charge in [0, 0.05) is 49.9 Å². The molecule has 0 bridgehead atoms. The van der Waals surface area contributed by atoms with Gasteiger partial charge in [0.25, 0.3) is 5.91 Å². The molecule has 0 atom stereocenters. The summed E-state index contributed by atoms with van der Waals surface area (Å²) in [6.07, 6.45) is 0.758. The number of amides is 2. The third-order valence-corrected chi connectivity index (χ3v) is 6.72. The van der Waals surface area contributed by atoms with Crippen LogP contribution in [0.15, 0.2) is 54.6 Å². The minimum atomic E-state index is -0.174. The number of rotatable bonds is 10. The predicted octanol–water partition coefficient (Wildman–Crippen LogP) is 3.37. The molecule has 4 rings (SSSR count). The molecule has 0 radical (unpaired) electrons. The van der Waals surface area contributed by atoms with Crippen molar-refractivity contribution in [3.63, 3.8) is 0 Å². The van der Waals surface area contributed by atoms with E-state index in [1.54, 1.807) is 50.5 Å². The standard InChI is InChI=1S/C29H35N5O5/c1-5-13-34(29(36)21-7-6-8-22(18-21)37-2)20-28(35)33-16-14-32(15-17-33)27-12-11-25(30-31-27)24-10-9-23(38-3)19-26(24)39-4/h6-12,18-19H,5,13-17,20H2,1-4H3. The fourth-order valence-electron chi connectivity index (χ4n) is 4.56. The highest BCUT2D eigenvalue weighted by Crippen LogP contribution is 2.32. The van der Waals surface area contributed by atoms with Crippen molar-refractivity contribution in [1.82, 2.24) is 20.0 Å². The fourth-order valence-corrected chi connectivity index (χ4v) is 4.56. The van der Waals surface area contributed by atoms with Gasteiger partial charge in [0.2, 0.25) is 5.91 Å². The summed E-state index contributed by atoms with van der Waals surface area (Å²) in [5, 5.41) is 8.85. The molecule has 39 heavy (non-hydrogen) atoms. The first-order valence-corrected chi connectivity index (χ1v) is 13.0. The van der Waals surface area contributed by atoms with E-state index in [-0.39, 0.29) is 18.4 Å². The summed E-state index contributed by atoms with van der Waals surface area (Å²) in [6, 6.07) is 16.4. The Balaban J connectivity index is 1.36. The van der Waals surface area contributed by atoms with Crippen LogP contribution in [0.4, 0.5) is 5.82 Å². The molecule has 0 spiro atoms. The molecule has 0 saturated carbocycles. The van der Waals surface area contributed by atoms with E-state index >= 15 is 0 Å². The second kappa shape index (κ2) is 12.9. The van der Waals surface area contributed by atoms with Crippen LogP contribution in [-0.2, 0) is 4.79 Å². The monoisotopic (exact) mass is 533 g/mol. The summed E-state index contributed by atoms with van der Waals surface area (Å²) in [5.41, 5.74) is 2.03. The van der Waals surface area contributed by atoms with Crippen LogP contribution in [-0.4, -0.2) is 92.4 Å². The van der Waals surface area contributed by atoms with Gasteiger partial charge in [-0.1, -0.05) is 13.0 Å². The second-order valence-electron chi connectivity index (χ2n) is 9.17. The number of benzene rings is 2. The largest absolute Gasteiger partial charge is 0.497 e. The van der Waals surface area contributed by atoms with E-state index in [9.17, 15) is 9.59 Å². The van der Waals surface area contributed by atoms with Gasteiger partial charge in [-0.15, -0.1) is 10.2 Å². The lowest BCUT2D eigenvalue weighted by Gasteiger charge is -2.36. The molecule has 1 fully saturated rings. The van der Waals surface area contributed by atoms with E-state index in [0.717, 1.165) is 17.8 Å². The third-order valence-electron chi connectivity index (χ3n) is 6.72. The number of anilines is 1. The van der Waals surface area contributed by atoms with Gasteiger partial charge in [-0.3, -0.25) is 9.59 Å². The van der Waals surface area contributed by atoms with E-state index in [1.165, 1.54) is 0 Å². The summed E-state index contributed by atoms with van der Waals surface area (Å²) in [6.45, 7) is 4.88. The van der Waals surface area contributed by atoms with Crippen LogP contribution in [0.3, 0.4) is 0 Å². The number of ether oxygens (including phenoxy) is 3. The number of carbonyl (C=O) groups excluding carboxylic acids is 2. The average molecular weight is 534 g/mol. The zero-order valence-corrected chi connectivity index (χ0v) is 22.9. The Bertz CT molecular complexity index is 1280. The van der Waals surface area contributed by atoms with Gasteiger partial charge >= 0.3 is 0 Å². The van der Waals surface area contributed by atoms with Gasteiger partial charge in [0.1, 0.15) is 23.8 Å². The van der Waals surface area contributed by atoms with Gasteiger partial charge < -0.3 is 28.9 Å². The Kier molecular flexibility index (Phi) is 9.19. The highest BCUT2D eigenvalue weighted by Gasteiger charge is 2.26. The Morgan fingerprint density at radius 1 is 0.872 bits per heavy atom. The van der Waals surface area contributed by atoms with Crippen molar-refractivity contribution in [3.05, 3.63) is 60.2 Å². The van der Waals surface area contributed by atoms with Crippen LogP contribution in [0.5, 0.6) is 17.2 Å². The van der Waals surface area contributed by atoms with E-state index in [1.807, 2.05) is 42.2 Å². The van der Waals surface area contributed by atoms with Crippen molar-refractivity contribution >= 4 is 17.6 Å². The molecule has 1 aliphatic rings. The maximum atomic E-state index is 13.1. The maximum Gasteiger partial charge on any atom is 0.254 e. The smallest absolute Gasteiger partial charge is 0.254 e. The first kappa shape index (κ1) is 27.7. The van der Waals surface area contributed by atoms with Crippen LogP contribution < -0.4 is 19.1 Å². The highest BCUT2D eigenvalue weighted by molar-refractivity contribution is 5.96. The molecular formula is C29H35N5O5. The number of hydrogen-bond acceptors (Lipinski definition) is 8. The lowest BCUT2D eigenvalue weighted by Crippen LogP contribution is -2.52. The van der Waals surface area contributed by atoms with Gasteiger partial charge in [-0.25, -0.2) is 0 Å². The SMILES string of the molecule is CCCN(CC(=O)N1CCN(c2ccc(-c3ccc(OC)cc3OC)nn2)CC1)C(=O)c1cccc(OC)c1. The van der Waals surface area contributed by atoms with Gasteiger partial charge in [0.15, 0.2) is 5.82 Å². The molecule has 1 aromatic heterocycles. The van der Waals surface area contributed by atoms with E-state index in [4.69, 9.17) is 14.2 Å². The Morgan fingerprint density at radius 3 is 2.26 bits per heavy atom.